The van der Waals surface area contributed by atoms with Gasteiger partial charge in [0.25, 0.3) is 0 Å². The van der Waals surface area contributed by atoms with Crippen molar-refractivity contribution in [3.63, 3.8) is 0 Å². The number of nitrogens with zero attached hydrogens (tertiary/aromatic N) is 2. The maximum Gasteiger partial charge on any atom is 0.0917 e. The molecule has 0 aromatic heterocycles. The van der Waals surface area contributed by atoms with Crippen molar-refractivity contribution in [3.05, 3.63) is 70.7 Å². The summed E-state index contributed by atoms with van der Waals surface area (Å²) in [4.78, 5) is 4.87. The lowest BCUT2D eigenvalue weighted by Gasteiger charge is -2.32. The molecule has 0 aliphatic rings. The van der Waals surface area contributed by atoms with Crippen LogP contribution >= 0.6 is 11.6 Å². The molecule has 2 atom stereocenters. The van der Waals surface area contributed by atoms with Gasteiger partial charge < -0.3 is 10.0 Å². The number of rotatable bonds is 12. The highest BCUT2D eigenvalue weighted by Gasteiger charge is 2.19. The van der Waals surface area contributed by atoms with Crippen LogP contribution in [-0.4, -0.2) is 47.1 Å². The van der Waals surface area contributed by atoms with Gasteiger partial charge in [-0.2, -0.15) is 0 Å². The van der Waals surface area contributed by atoms with E-state index in [0.29, 0.717) is 17.6 Å². The molecular weight excluding hydrogens is 368 g/mol. The van der Waals surface area contributed by atoms with Crippen LogP contribution in [0.5, 0.6) is 0 Å². The Labute approximate surface area is 175 Å². The van der Waals surface area contributed by atoms with Gasteiger partial charge in [-0.1, -0.05) is 67.9 Å². The van der Waals surface area contributed by atoms with E-state index < -0.39 is 6.10 Å². The fourth-order valence-corrected chi connectivity index (χ4v) is 3.69. The Morgan fingerprint density at radius 2 is 1.61 bits per heavy atom. The average Bonchev–Trinajstić information content (AvgIpc) is 2.71. The molecule has 0 fully saturated rings. The van der Waals surface area contributed by atoms with Gasteiger partial charge in [0.05, 0.1) is 6.10 Å². The summed E-state index contributed by atoms with van der Waals surface area (Å²) in [6.07, 6.45) is 1.77. The van der Waals surface area contributed by atoms with E-state index in [0.717, 1.165) is 38.2 Å². The van der Waals surface area contributed by atoms with Crippen molar-refractivity contribution in [1.29, 1.82) is 0 Å². The molecule has 2 rings (SSSR count). The van der Waals surface area contributed by atoms with E-state index in [1.165, 1.54) is 12.0 Å². The highest BCUT2D eigenvalue weighted by atomic mass is 35.5. The van der Waals surface area contributed by atoms with Crippen LogP contribution in [0.1, 0.15) is 50.8 Å². The minimum absolute atomic E-state index is 0.401. The van der Waals surface area contributed by atoms with E-state index in [1.54, 1.807) is 0 Å². The molecule has 154 valence electrons. The van der Waals surface area contributed by atoms with Crippen LogP contribution in [0.15, 0.2) is 54.6 Å². The fraction of sp³-hybridized carbons (Fsp3) is 0.500. The first-order valence-electron chi connectivity index (χ1n) is 10.5. The van der Waals surface area contributed by atoms with E-state index in [4.69, 9.17) is 11.6 Å². The van der Waals surface area contributed by atoms with Crippen molar-refractivity contribution in [1.82, 2.24) is 9.80 Å². The van der Waals surface area contributed by atoms with Crippen molar-refractivity contribution in [2.24, 2.45) is 0 Å². The highest BCUT2D eigenvalue weighted by Crippen LogP contribution is 2.21. The van der Waals surface area contributed by atoms with Crippen LogP contribution in [0.3, 0.4) is 0 Å². The summed E-state index contributed by atoms with van der Waals surface area (Å²) >= 11 is 5.99. The van der Waals surface area contributed by atoms with Crippen molar-refractivity contribution < 1.29 is 5.11 Å². The van der Waals surface area contributed by atoms with Crippen LogP contribution < -0.4 is 0 Å². The first-order chi connectivity index (χ1) is 13.5. The summed E-state index contributed by atoms with van der Waals surface area (Å²) in [6.45, 7) is 11.5. The predicted octanol–water partition coefficient (Wildman–Crippen LogP) is 5.39. The molecular formula is C24H35ClN2O. The van der Waals surface area contributed by atoms with Gasteiger partial charge in [0.15, 0.2) is 0 Å². The number of benzene rings is 2. The van der Waals surface area contributed by atoms with Crippen molar-refractivity contribution in [2.45, 2.75) is 52.3 Å². The molecule has 0 unspecified atom stereocenters. The van der Waals surface area contributed by atoms with Crippen molar-refractivity contribution in [3.8, 4) is 0 Å². The second-order valence-electron chi connectivity index (χ2n) is 7.50. The Morgan fingerprint density at radius 3 is 2.21 bits per heavy atom. The molecule has 0 aliphatic carbocycles. The lowest BCUT2D eigenvalue weighted by Crippen LogP contribution is -2.36. The second kappa shape index (κ2) is 12.2. The van der Waals surface area contributed by atoms with E-state index in [2.05, 4.69) is 54.8 Å². The summed E-state index contributed by atoms with van der Waals surface area (Å²) < 4.78 is 0. The first kappa shape index (κ1) is 22.9. The Morgan fingerprint density at radius 1 is 0.964 bits per heavy atom. The van der Waals surface area contributed by atoms with E-state index in [1.807, 2.05) is 30.3 Å². The summed E-state index contributed by atoms with van der Waals surface area (Å²) in [6, 6.07) is 18.4. The van der Waals surface area contributed by atoms with Gasteiger partial charge in [-0.15, -0.1) is 0 Å². The molecule has 2 aromatic carbocycles. The van der Waals surface area contributed by atoms with Gasteiger partial charge in [0, 0.05) is 24.2 Å². The van der Waals surface area contributed by atoms with Gasteiger partial charge in [-0.05, 0) is 62.7 Å². The summed E-state index contributed by atoms with van der Waals surface area (Å²) in [5, 5.41) is 11.5. The number of aliphatic hydroxyl groups excluding tert-OH is 1. The highest BCUT2D eigenvalue weighted by molar-refractivity contribution is 6.30. The van der Waals surface area contributed by atoms with Crippen molar-refractivity contribution >= 4 is 11.6 Å². The third-order valence-electron chi connectivity index (χ3n) is 5.50. The molecule has 0 saturated carbocycles. The number of hydrogen-bond acceptors (Lipinski definition) is 3. The van der Waals surface area contributed by atoms with Gasteiger partial charge in [-0.25, -0.2) is 0 Å². The summed E-state index contributed by atoms with van der Waals surface area (Å²) in [5.41, 5.74) is 2.19. The van der Waals surface area contributed by atoms with Gasteiger partial charge >= 0.3 is 0 Å². The van der Waals surface area contributed by atoms with Crippen LogP contribution in [0.4, 0.5) is 0 Å². The Balaban J connectivity index is 2.02. The maximum absolute atomic E-state index is 10.8. The standard InChI is InChI=1S/C24H35ClN2O/c1-4-26(5-2)17-9-10-20(3)27(18-21-11-7-6-8-12-21)19-24(28)22-13-15-23(25)16-14-22/h6-8,11-16,20,24,28H,4-5,9-10,17-19H2,1-3H3/t20-,24+/m1/s1. The maximum atomic E-state index is 10.8. The summed E-state index contributed by atoms with van der Waals surface area (Å²) in [5.74, 6) is 0. The monoisotopic (exact) mass is 402 g/mol. The number of hydrogen-bond donors (Lipinski definition) is 1. The molecule has 4 heteroatoms. The van der Waals surface area contributed by atoms with E-state index in [-0.39, 0.29) is 0 Å². The summed E-state index contributed by atoms with van der Waals surface area (Å²) in [7, 11) is 0. The third-order valence-corrected chi connectivity index (χ3v) is 5.76. The Kier molecular flexibility index (Phi) is 10.0. The number of aliphatic hydroxyl groups is 1. The minimum atomic E-state index is -0.522. The molecule has 0 aliphatic heterocycles. The van der Waals surface area contributed by atoms with E-state index in [9.17, 15) is 5.11 Å². The molecule has 0 saturated heterocycles. The van der Waals surface area contributed by atoms with Gasteiger partial charge in [0.1, 0.15) is 0 Å². The van der Waals surface area contributed by atoms with Gasteiger partial charge in [0.2, 0.25) is 0 Å². The lowest BCUT2D eigenvalue weighted by atomic mass is 10.1. The predicted molar refractivity (Wildman–Crippen MR) is 120 cm³/mol. The van der Waals surface area contributed by atoms with Crippen LogP contribution in [0, 0.1) is 0 Å². The molecule has 0 spiro atoms. The molecule has 0 heterocycles. The first-order valence-corrected chi connectivity index (χ1v) is 10.8. The molecule has 0 bridgehead atoms. The Bertz CT molecular complexity index is 658. The zero-order chi connectivity index (χ0) is 20.4. The second-order valence-corrected chi connectivity index (χ2v) is 7.94. The average molecular weight is 403 g/mol. The normalized spacial score (nSPS) is 13.8. The molecule has 0 amide bonds. The SMILES string of the molecule is CCN(CC)CCC[C@@H](C)N(Cc1ccccc1)C[C@H](O)c1ccc(Cl)cc1. The van der Waals surface area contributed by atoms with Crippen molar-refractivity contribution in [2.75, 3.05) is 26.2 Å². The zero-order valence-electron chi connectivity index (χ0n) is 17.5. The molecule has 3 nitrogen and oxygen atoms in total. The number of halogens is 1. The van der Waals surface area contributed by atoms with Crippen LogP contribution in [0.25, 0.3) is 0 Å². The lowest BCUT2D eigenvalue weighted by molar-refractivity contribution is 0.0816. The minimum Gasteiger partial charge on any atom is -0.387 e. The van der Waals surface area contributed by atoms with Gasteiger partial charge in [-0.3, -0.25) is 4.90 Å². The zero-order valence-corrected chi connectivity index (χ0v) is 18.3. The third kappa shape index (κ3) is 7.56. The molecule has 2 aromatic rings. The molecule has 0 radical (unpaired) electrons. The quantitative estimate of drug-likeness (QED) is 0.515. The Hall–Kier alpha value is -1.39. The smallest absolute Gasteiger partial charge is 0.0917 e. The molecule has 28 heavy (non-hydrogen) atoms. The largest absolute Gasteiger partial charge is 0.387 e. The molecule has 1 N–H and O–H groups in total. The van der Waals surface area contributed by atoms with E-state index >= 15 is 0 Å². The fourth-order valence-electron chi connectivity index (χ4n) is 3.56. The topological polar surface area (TPSA) is 26.7 Å². The van der Waals surface area contributed by atoms with Crippen LogP contribution in [-0.2, 0) is 6.54 Å². The van der Waals surface area contributed by atoms with Crippen LogP contribution in [0.2, 0.25) is 5.02 Å².